The molecule has 4 aromatic heterocycles. The van der Waals surface area contributed by atoms with Crippen molar-refractivity contribution in [2.45, 2.75) is 76.4 Å². The van der Waals surface area contributed by atoms with Crippen LogP contribution < -0.4 is 39.7 Å². The molecule has 10 rings (SSSR count). The Morgan fingerprint density at radius 3 is 1.59 bits per heavy atom. The summed E-state index contributed by atoms with van der Waals surface area (Å²) in [6.45, 7) is 11.0. The highest BCUT2D eigenvalue weighted by Crippen LogP contribution is 2.42. The van der Waals surface area contributed by atoms with Crippen LogP contribution in [0.2, 0.25) is 0 Å². The maximum Gasteiger partial charge on any atom is 0.359 e. The predicted molar refractivity (Wildman–Crippen MR) is 240 cm³/mol. The molecule has 3 N–H and O–H groups in total. The molecular formula is C45H50F2N10O12. The van der Waals surface area contributed by atoms with Crippen molar-refractivity contribution in [3.8, 4) is 11.5 Å². The van der Waals surface area contributed by atoms with Crippen LogP contribution in [0.3, 0.4) is 0 Å². The molecule has 4 fully saturated rings. The number of pyridine rings is 4. The number of carboxylic acid groups (broad SMARTS) is 1. The molecule has 4 atom stereocenters. The molecule has 69 heavy (non-hydrogen) atoms. The number of hydrogen-bond acceptors (Lipinski definition) is 17. The average Bonchev–Trinajstić information content (AvgIpc) is 4.11. The van der Waals surface area contributed by atoms with Gasteiger partial charge in [-0.2, -0.15) is 0 Å². The van der Waals surface area contributed by atoms with Crippen LogP contribution in [-0.4, -0.2) is 145 Å². The van der Waals surface area contributed by atoms with Crippen molar-refractivity contribution in [3.05, 3.63) is 71.8 Å². The Morgan fingerprint density at radius 2 is 1.17 bits per heavy atom. The summed E-state index contributed by atoms with van der Waals surface area (Å²) in [5, 5.41) is 14.8. The van der Waals surface area contributed by atoms with E-state index in [1.54, 1.807) is 24.3 Å². The zero-order chi connectivity index (χ0) is 48.8. The fourth-order valence-electron chi connectivity index (χ4n) is 8.91. The van der Waals surface area contributed by atoms with E-state index in [-0.39, 0.29) is 60.8 Å². The van der Waals surface area contributed by atoms with Gasteiger partial charge >= 0.3 is 24.0 Å². The summed E-state index contributed by atoms with van der Waals surface area (Å²) >= 11 is 0. The third-order valence-corrected chi connectivity index (χ3v) is 12.0. The third kappa shape index (κ3) is 10.1. The largest absolute Gasteiger partial charge is 0.491 e. The molecular weight excluding hydrogens is 911 g/mol. The van der Waals surface area contributed by atoms with Crippen molar-refractivity contribution in [3.63, 3.8) is 0 Å². The van der Waals surface area contributed by atoms with Crippen LogP contribution in [0.15, 0.2) is 48.8 Å². The number of nitrogens with zero attached hydrogens (tertiary/aromatic N) is 8. The van der Waals surface area contributed by atoms with E-state index in [0.29, 0.717) is 75.1 Å². The zero-order valence-corrected chi connectivity index (χ0v) is 38.3. The Balaban J connectivity index is 0.000000172. The first kappa shape index (κ1) is 47.1. The van der Waals surface area contributed by atoms with Gasteiger partial charge in [0.2, 0.25) is 0 Å². The summed E-state index contributed by atoms with van der Waals surface area (Å²) in [5.41, 5.74) is -0.362. The van der Waals surface area contributed by atoms with E-state index in [9.17, 15) is 33.1 Å². The van der Waals surface area contributed by atoms with Crippen molar-refractivity contribution in [2.75, 3.05) is 89.9 Å². The molecule has 4 aromatic rings. The number of amides is 4. The molecule has 0 aliphatic carbocycles. The van der Waals surface area contributed by atoms with Gasteiger partial charge in [-0.05, 0) is 52.7 Å². The highest BCUT2D eigenvalue weighted by molar-refractivity contribution is 6.06. The average molecular weight is 961 g/mol. The number of fused-ring (bicyclic) bond motifs is 8. The molecule has 6 aliphatic heterocycles. The normalized spacial score (nSPS) is 22.2. The number of aromatic nitrogens is 4. The maximum atomic E-state index is 14.5. The van der Waals surface area contributed by atoms with Gasteiger partial charge in [0, 0.05) is 62.8 Å². The number of nitrogens with one attached hydrogen (secondary N) is 2. The van der Waals surface area contributed by atoms with Crippen LogP contribution in [-0.2, 0) is 23.7 Å². The Hall–Kier alpha value is -7.02. The molecule has 0 aromatic carbocycles. The molecule has 4 saturated heterocycles. The first-order valence-corrected chi connectivity index (χ1v) is 22.2. The molecule has 0 radical (unpaired) electrons. The van der Waals surface area contributed by atoms with Crippen LogP contribution in [0.25, 0.3) is 0 Å². The van der Waals surface area contributed by atoms with E-state index in [1.807, 2.05) is 37.5 Å². The van der Waals surface area contributed by atoms with Crippen molar-refractivity contribution in [1.82, 2.24) is 19.9 Å². The van der Waals surface area contributed by atoms with Gasteiger partial charge in [-0.15, -0.1) is 0 Å². The molecule has 6 aliphatic rings. The van der Waals surface area contributed by atoms with Gasteiger partial charge in [0.1, 0.15) is 48.6 Å². The minimum Gasteiger partial charge on any atom is -0.491 e. The number of halogens is 2. The molecule has 24 heteroatoms. The fraction of sp³-hybridized carbons (Fsp3) is 0.467. The van der Waals surface area contributed by atoms with Crippen molar-refractivity contribution in [1.29, 1.82) is 0 Å². The topological polar surface area (TPSA) is 242 Å². The summed E-state index contributed by atoms with van der Waals surface area (Å²) in [4.78, 5) is 73.2. The minimum atomic E-state index is -1.50. The summed E-state index contributed by atoms with van der Waals surface area (Å²) < 4.78 is 67.5. The standard InChI is InChI=1S/C23H26FN5O6.C22H24FN5O6/c1-23(2)34-12-15(35-23)11-33-14-4-6-25-18(8-14)26-22(31)29-13-5-7-28(10-13)17-9-16(24)19(21(30)32-3)27-20(17)29;1-22(2)33-11-14(34-22)10-32-13-3-5-24-17(7-13)25-21(31)28-12-4-6-27(9-12)16-8-15(23)18(20(29)30)26-19(16)28/h4,6,8-9,13,15H,5,7,10-12H2,1-3H3,(H,25,26,31);3,5,7-8,12,14H,4,6,9-11H2,1-2H3,(H,29,30)(H,24,25,31)/t13-,15-;12-,14-/m00/s1. The Labute approximate surface area is 393 Å². The fourth-order valence-corrected chi connectivity index (χ4v) is 8.91. The van der Waals surface area contributed by atoms with E-state index in [4.69, 9.17) is 28.4 Å². The highest BCUT2D eigenvalue weighted by Gasteiger charge is 2.43. The lowest BCUT2D eigenvalue weighted by Crippen LogP contribution is -2.48. The summed E-state index contributed by atoms with van der Waals surface area (Å²) in [7, 11) is 1.15. The second-order valence-corrected chi connectivity index (χ2v) is 17.8. The summed E-state index contributed by atoms with van der Waals surface area (Å²) in [6, 6.07) is 7.40. The second kappa shape index (κ2) is 18.8. The molecule has 0 saturated carbocycles. The predicted octanol–water partition coefficient (Wildman–Crippen LogP) is 5.04. The first-order chi connectivity index (χ1) is 32.9. The van der Waals surface area contributed by atoms with Crippen molar-refractivity contribution >= 4 is 58.6 Å². The minimum absolute atomic E-state index is 0.110. The van der Waals surface area contributed by atoms with Gasteiger partial charge in [-0.1, -0.05) is 0 Å². The van der Waals surface area contributed by atoms with Gasteiger partial charge in [0.25, 0.3) is 0 Å². The SMILES string of the molecule is CC1(C)OC[C@H](COc2ccnc(NC(=O)N3c4nc(C(=O)O)c(F)cc4N4CC[C@H]3C4)c2)O1.COC(=O)c1nc2c(cc1F)N1CC[C@@H](C1)N2C(=O)Nc1cc(OC[C@H]2COC(C)(C)O2)ccn1. The van der Waals surface area contributed by atoms with E-state index >= 15 is 0 Å². The third-order valence-electron chi connectivity index (χ3n) is 12.0. The number of carbonyl (C=O) groups excluding carboxylic acids is 3. The van der Waals surface area contributed by atoms with Crippen LogP contribution in [0.4, 0.5) is 53.0 Å². The van der Waals surface area contributed by atoms with Crippen molar-refractivity contribution in [2.24, 2.45) is 0 Å². The molecule has 4 bridgehead atoms. The van der Waals surface area contributed by atoms with Gasteiger partial charge in [-0.25, -0.2) is 47.9 Å². The van der Waals surface area contributed by atoms with E-state index in [1.165, 1.54) is 28.3 Å². The van der Waals surface area contributed by atoms with Crippen LogP contribution >= 0.6 is 0 Å². The van der Waals surface area contributed by atoms with Crippen molar-refractivity contribution < 1.29 is 66.2 Å². The Morgan fingerprint density at radius 1 is 0.725 bits per heavy atom. The smallest absolute Gasteiger partial charge is 0.359 e. The number of esters is 1. The van der Waals surface area contributed by atoms with Crippen LogP contribution in [0.5, 0.6) is 11.5 Å². The number of urea groups is 2. The first-order valence-electron chi connectivity index (χ1n) is 22.2. The van der Waals surface area contributed by atoms with Gasteiger partial charge in [0.05, 0.1) is 43.8 Å². The molecule has 0 spiro atoms. The molecule has 22 nitrogen and oxygen atoms in total. The number of carbonyl (C=O) groups is 4. The number of anilines is 6. The van der Waals surface area contributed by atoms with Gasteiger partial charge < -0.3 is 48.1 Å². The van der Waals surface area contributed by atoms with E-state index in [2.05, 4.69) is 35.3 Å². The number of ether oxygens (including phenoxy) is 7. The maximum absolute atomic E-state index is 14.5. The summed E-state index contributed by atoms with van der Waals surface area (Å²) in [5.74, 6) is -3.63. The van der Waals surface area contributed by atoms with E-state index in [0.717, 1.165) is 13.2 Å². The van der Waals surface area contributed by atoms with Crippen LogP contribution in [0.1, 0.15) is 61.5 Å². The molecule has 4 amide bonds. The second-order valence-electron chi connectivity index (χ2n) is 17.8. The number of hydrogen-bond donors (Lipinski definition) is 3. The number of methoxy groups -OCH3 is 1. The Bertz CT molecular complexity index is 2660. The molecule has 10 heterocycles. The molecule has 366 valence electrons. The number of carboxylic acids is 1. The number of rotatable bonds is 10. The number of aromatic carboxylic acids is 1. The highest BCUT2D eigenvalue weighted by atomic mass is 19.1. The quantitative estimate of drug-likeness (QED) is 0.176. The zero-order valence-electron chi connectivity index (χ0n) is 38.3. The van der Waals surface area contributed by atoms with Gasteiger partial charge in [-0.3, -0.25) is 20.4 Å². The lowest BCUT2D eigenvalue weighted by atomic mass is 10.1. The van der Waals surface area contributed by atoms with Gasteiger partial charge in [0.15, 0.2) is 46.2 Å². The lowest BCUT2D eigenvalue weighted by Gasteiger charge is -2.35. The Kier molecular flexibility index (Phi) is 12.8. The molecule has 0 unspecified atom stereocenters. The van der Waals surface area contributed by atoms with Crippen LogP contribution in [0, 0.1) is 11.6 Å². The lowest BCUT2D eigenvalue weighted by molar-refractivity contribution is -0.141. The summed E-state index contributed by atoms with van der Waals surface area (Å²) in [6.07, 6.45) is 3.91. The monoisotopic (exact) mass is 960 g/mol. The van der Waals surface area contributed by atoms with E-state index < -0.39 is 58.6 Å².